The van der Waals surface area contributed by atoms with Crippen LogP contribution in [0, 0.1) is 12.8 Å². The van der Waals surface area contributed by atoms with Crippen LogP contribution in [0.2, 0.25) is 0 Å². The van der Waals surface area contributed by atoms with Crippen molar-refractivity contribution in [3.05, 3.63) is 59.3 Å². The maximum Gasteiger partial charge on any atom is 0.393 e. The summed E-state index contributed by atoms with van der Waals surface area (Å²) in [5.41, 5.74) is 2.24. The van der Waals surface area contributed by atoms with Gasteiger partial charge in [0.1, 0.15) is 5.82 Å². The fourth-order valence-corrected chi connectivity index (χ4v) is 4.00. The van der Waals surface area contributed by atoms with Crippen molar-refractivity contribution in [1.29, 1.82) is 0 Å². The van der Waals surface area contributed by atoms with Crippen molar-refractivity contribution in [2.24, 2.45) is 5.92 Å². The lowest BCUT2D eigenvalue weighted by Gasteiger charge is -2.23. The molecule has 1 aromatic heterocycles. The molecule has 34 heavy (non-hydrogen) atoms. The second kappa shape index (κ2) is 13.0. The molecule has 2 N–H and O–H groups in total. The Kier molecular flexibility index (Phi) is 10.3. The molecule has 0 radical (unpaired) electrons. The number of anilines is 1. The summed E-state index contributed by atoms with van der Waals surface area (Å²) in [6.45, 7) is 2.31. The molecule has 1 aliphatic carbocycles. The van der Waals surface area contributed by atoms with Crippen LogP contribution in [-0.4, -0.2) is 44.1 Å². The highest BCUT2D eigenvalue weighted by atomic mass is 19.4. The standard InChI is InChI=1S/C15H18F3NO.C10H15N3O/c16-15(17,18)9-11-5-7-13(8-6-11)14(19-10-20)12-3-1-2-4-12;1-8-4-5-9(12-6-8)13(3)7-10(14)11-2/h5-8,10,12,14H,1-4,9H2,(H,19,20);4-6H,7H2,1-3H3,(H,11,14). The summed E-state index contributed by atoms with van der Waals surface area (Å²) in [5, 5.41) is 5.37. The van der Waals surface area contributed by atoms with Gasteiger partial charge in [-0.2, -0.15) is 13.2 Å². The lowest BCUT2D eigenvalue weighted by Crippen LogP contribution is -2.33. The Balaban J connectivity index is 0.000000257. The van der Waals surface area contributed by atoms with Gasteiger partial charge in [-0.05, 0) is 48.4 Å². The van der Waals surface area contributed by atoms with E-state index in [1.165, 1.54) is 12.1 Å². The lowest BCUT2D eigenvalue weighted by atomic mass is 9.91. The zero-order valence-corrected chi connectivity index (χ0v) is 19.9. The minimum absolute atomic E-state index is 0.0186. The van der Waals surface area contributed by atoms with Crippen molar-refractivity contribution < 1.29 is 22.8 Å². The fraction of sp³-hybridized carbons (Fsp3) is 0.480. The van der Waals surface area contributed by atoms with Gasteiger partial charge in [0.25, 0.3) is 0 Å². The van der Waals surface area contributed by atoms with Crippen LogP contribution in [0.15, 0.2) is 42.6 Å². The number of rotatable bonds is 8. The summed E-state index contributed by atoms with van der Waals surface area (Å²) < 4.78 is 36.9. The SMILES string of the molecule is CNC(=O)CN(C)c1ccc(C)cn1.O=CNC(c1ccc(CC(F)(F)F)cc1)C1CCCC1. The zero-order valence-electron chi connectivity index (χ0n) is 19.9. The number of nitrogens with one attached hydrogen (secondary N) is 2. The predicted molar refractivity (Wildman–Crippen MR) is 126 cm³/mol. The van der Waals surface area contributed by atoms with Crippen molar-refractivity contribution in [2.75, 3.05) is 25.5 Å². The molecule has 3 rings (SSSR count). The minimum Gasteiger partial charge on any atom is -0.358 e. The van der Waals surface area contributed by atoms with E-state index in [9.17, 15) is 22.8 Å². The Morgan fingerprint density at radius 2 is 1.82 bits per heavy atom. The highest BCUT2D eigenvalue weighted by Gasteiger charge is 2.28. The van der Waals surface area contributed by atoms with E-state index >= 15 is 0 Å². The molecule has 1 fully saturated rings. The number of likely N-dealkylation sites (N-methyl/N-ethyl adjacent to an activating group) is 2. The molecule has 6 nitrogen and oxygen atoms in total. The van der Waals surface area contributed by atoms with Gasteiger partial charge in [-0.15, -0.1) is 0 Å². The monoisotopic (exact) mass is 478 g/mol. The summed E-state index contributed by atoms with van der Waals surface area (Å²) in [6, 6.07) is 10.2. The number of hydrogen-bond acceptors (Lipinski definition) is 4. The number of carbonyl (C=O) groups excluding carboxylic acids is 2. The third-order valence-electron chi connectivity index (χ3n) is 5.81. The molecule has 0 saturated heterocycles. The van der Waals surface area contributed by atoms with Crippen molar-refractivity contribution in [3.63, 3.8) is 0 Å². The third kappa shape index (κ3) is 9.03. The Labute approximate surface area is 198 Å². The number of hydrogen-bond donors (Lipinski definition) is 2. The van der Waals surface area contributed by atoms with Gasteiger partial charge in [-0.1, -0.05) is 43.2 Å². The zero-order chi connectivity index (χ0) is 25.1. The summed E-state index contributed by atoms with van der Waals surface area (Å²) in [7, 11) is 3.46. The average molecular weight is 479 g/mol. The number of benzene rings is 1. The van der Waals surface area contributed by atoms with Crippen LogP contribution in [0.4, 0.5) is 19.0 Å². The van der Waals surface area contributed by atoms with E-state index in [-0.39, 0.29) is 17.5 Å². The first-order valence-electron chi connectivity index (χ1n) is 11.3. The van der Waals surface area contributed by atoms with Crippen molar-refractivity contribution in [3.8, 4) is 0 Å². The van der Waals surface area contributed by atoms with Crippen molar-refractivity contribution in [2.45, 2.75) is 51.2 Å². The largest absolute Gasteiger partial charge is 0.393 e. The maximum absolute atomic E-state index is 12.3. The molecule has 1 unspecified atom stereocenters. The van der Waals surface area contributed by atoms with Gasteiger partial charge in [0.2, 0.25) is 12.3 Å². The van der Waals surface area contributed by atoms with Crippen LogP contribution in [0.1, 0.15) is 48.4 Å². The van der Waals surface area contributed by atoms with Gasteiger partial charge in [0.15, 0.2) is 0 Å². The number of aryl methyl sites for hydroxylation is 1. The number of nitrogens with zero attached hydrogens (tertiary/aromatic N) is 2. The molecule has 2 amide bonds. The molecule has 9 heteroatoms. The Morgan fingerprint density at radius 3 is 2.32 bits per heavy atom. The van der Waals surface area contributed by atoms with Gasteiger partial charge in [-0.3, -0.25) is 9.59 Å². The van der Waals surface area contributed by atoms with Gasteiger partial charge in [0, 0.05) is 20.3 Å². The van der Waals surface area contributed by atoms with Crippen LogP contribution in [-0.2, 0) is 16.0 Å². The van der Waals surface area contributed by atoms with Crippen molar-refractivity contribution in [1.82, 2.24) is 15.6 Å². The number of carbonyl (C=O) groups is 2. The van der Waals surface area contributed by atoms with Crippen LogP contribution in [0.5, 0.6) is 0 Å². The molecule has 1 heterocycles. The number of amides is 2. The first-order valence-corrected chi connectivity index (χ1v) is 11.3. The van der Waals surface area contributed by atoms with E-state index in [0.717, 1.165) is 42.6 Å². The molecule has 1 atom stereocenters. The van der Waals surface area contributed by atoms with Gasteiger partial charge in [0.05, 0.1) is 19.0 Å². The molecule has 2 aromatic rings. The molecule has 186 valence electrons. The number of alkyl halides is 3. The maximum atomic E-state index is 12.3. The highest BCUT2D eigenvalue weighted by molar-refractivity contribution is 5.80. The van der Waals surface area contributed by atoms with E-state index in [1.807, 2.05) is 26.1 Å². The Hall–Kier alpha value is -3.10. The van der Waals surface area contributed by atoms with Crippen LogP contribution < -0.4 is 15.5 Å². The summed E-state index contributed by atoms with van der Waals surface area (Å²) >= 11 is 0. The minimum atomic E-state index is -4.19. The van der Waals surface area contributed by atoms with E-state index in [2.05, 4.69) is 15.6 Å². The lowest BCUT2D eigenvalue weighted by molar-refractivity contribution is -0.127. The number of halogens is 3. The Bertz CT molecular complexity index is 896. The van der Waals surface area contributed by atoms with Crippen molar-refractivity contribution >= 4 is 18.1 Å². The third-order valence-corrected chi connectivity index (χ3v) is 5.81. The first kappa shape index (κ1) is 27.1. The van der Waals surface area contributed by atoms with E-state index in [0.29, 0.717) is 18.9 Å². The predicted octanol–water partition coefficient (Wildman–Crippen LogP) is 4.34. The fourth-order valence-electron chi connectivity index (χ4n) is 4.00. The summed E-state index contributed by atoms with van der Waals surface area (Å²) in [5.74, 6) is 1.17. The van der Waals surface area contributed by atoms with Crippen LogP contribution in [0.25, 0.3) is 0 Å². The number of aromatic nitrogens is 1. The van der Waals surface area contributed by atoms with E-state index < -0.39 is 12.6 Å². The van der Waals surface area contributed by atoms with Gasteiger partial charge in [-0.25, -0.2) is 4.98 Å². The van der Waals surface area contributed by atoms with Crippen LogP contribution >= 0.6 is 0 Å². The van der Waals surface area contributed by atoms with E-state index in [1.54, 1.807) is 30.3 Å². The average Bonchev–Trinajstić information content (AvgIpc) is 3.32. The molecule has 0 bridgehead atoms. The molecule has 1 saturated carbocycles. The smallest absolute Gasteiger partial charge is 0.358 e. The topological polar surface area (TPSA) is 74.3 Å². The highest BCUT2D eigenvalue weighted by Crippen LogP contribution is 2.35. The second-order valence-corrected chi connectivity index (χ2v) is 8.56. The molecule has 1 aromatic carbocycles. The molecular weight excluding hydrogens is 445 g/mol. The van der Waals surface area contributed by atoms with Gasteiger partial charge < -0.3 is 15.5 Å². The summed E-state index contributed by atoms with van der Waals surface area (Å²) in [4.78, 5) is 27.8. The van der Waals surface area contributed by atoms with E-state index in [4.69, 9.17) is 0 Å². The van der Waals surface area contributed by atoms with Gasteiger partial charge >= 0.3 is 6.18 Å². The quantitative estimate of drug-likeness (QED) is 0.554. The normalized spacial score (nSPS) is 14.5. The second-order valence-electron chi connectivity index (χ2n) is 8.56. The summed E-state index contributed by atoms with van der Waals surface area (Å²) in [6.07, 6.45) is 1.76. The number of pyridine rings is 1. The molecule has 0 aliphatic heterocycles. The molecular formula is C25H33F3N4O2. The van der Waals surface area contributed by atoms with Crippen LogP contribution in [0.3, 0.4) is 0 Å². The first-order chi connectivity index (χ1) is 16.1. The Morgan fingerprint density at radius 1 is 1.18 bits per heavy atom. The molecule has 0 spiro atoms. The molecule has 1 aliphatic rings.